The quantitative estimate of drug-likeness (QED) is 0.432. The molecule has 0 saturated heterocycles. The van der Waals surface area contributed by atoms with Gasteiger partial charge in [0.15, 0.2) is 0 Å². The summed E-state index contributed by atoms with van der Waals surface area (Å²) in [6.45, 7) is -0.250. The van der Waals surface area contributed by atoms with Crippen LogP contribution in [0.25, 0.3) is 0 Å². The Kier molecular flexibility index (Phi) is 5.68. The fourth-order valence-electron chi connectivity index (χ4n) is 0.722. The van der Waals surface area contributed by atoms with Gasteiger partial charge >= 0.3 is 5.97 Å². The largest absolute Gasteiger partial charge is 0.867 e. The highest BCUT2D eigenvalue weighted by Gasteiger charge is 2.07. The first-order chi connectivity index (χ1) is 7.43. The Morgan fingerprint density at radius 3 is 1.75 bits per heavy atom. The molecule has 0 saturated carbocycles. The second-order valence-electron chi connectivity index (χ2n) is 2.60. The summed E-state index contributed by atoms with van der Waals surface area (Å²) in [5.74, 6) is -3.83. The molecule has 5 N–H and O–H groups in total. The monoisotopic (exact) mass is 231 g/mol. The van der Waals surface area contributed by atoms with Crippen molar-refractivity contribution in [3.8, 4) is 17.2 Å². The molecule has 16 heavy (non-hydrogen) atoms. The lowest BCUT2D eigenvalue weighted by atomic mass is 10.2. The number of benzene rings is 1. The zero-order valence-electron chi connectivity index (χ0n) is 8.12. The molecule has 0 heterocycles. The second kappa shape index (κ2) is 6.49. The number of aliphatic hydroxyl groups excluding tert-OH is 2. The predicted molar refractivity (Wildman–Crippen MR) is 50.3 cm³/mol. The average molecular weight is 231 g/mol. The van der Waals surface area contributed by atoms with Crippen LogP contribution in [-0.2, 0) is 0 Å². The van der Waals surface area contributed by atoms with Gasteiger partial charge in [-0.15, -0.1) is 0 Å². The number of aromatic carboxylic acids is 1. The predicted octanol–water partition coefficient (Wildman–Crippen LogP) is -1.16. The van der Waals surface area contributed by atoms with E-state index in [2.05, 4.69) is 0 Å². The zero-order chi connectivity index (χ0) is 12.7. The van der Waals surface area contributed by atoms with Crippen LogP contribution in [0, 0.1) is 0 Å². The minimum atomic E-state index is -1.32. The molecule has 0 spiro atoms. The standard InChI is InChI=1S/C7H6O5.C2H6O2/c8-4-1-3(7(11)12)2-5(9)6(4)10;3-1-2-4/h1-2,8-10H,(H,11,12);3-4H,1-2H2/p-1. The SMILES string of the molecule is O=C(O)c1cc(O)c([O-])c(O)c1.OCCO. The van der Waals surface area contributed by atoms with Crippen molar-refractivity contribution in [2.45, 2.75) is 0 Å². The number of phenols is 2. The van der Waals surface area contributed by atoms with Crippen LogP contribution >= 0.6 is 0 Å². The molecule has 0 amide bonds. The highest BCUT2D eigenvalue weighted by atomic mass is 16.4. The Morgan fingerprint density at radius 1 is 1.12 bits per heavy atom. The highest BCUT2D eigenvalue weighted by Crippen LogP contribution is 2.32. The number of hydrogen-bond acceptors (Lipinski definition) is 6. The summed E-state index contributed by atoms with van der Waals surface area (Å²) >= 11 is 0. The van der Waals surface area contributed by atoms with Gasteiger partial charge < -0.3 is 30.6 Å². The number of carboxylic acids is 1. The molecule has 0 fully saturated rings. The number of hydrogen-bond donors (Lipinski definition) is 5. The number of phenolic OH excluding ortho intramolecular Hbond substituents is 2. The third-order valence-corrected chi connectivity index (χ3v) is 1.40. The van der Waals surface area contributed by atoms with Crippen LogP contribution in [0.4, 0.5) is 0 Å². The van der Waals surface area contributed by atoms with Gasteiger partial charge in [0.25, 0.3) is 0 Å². The molecule has 0 aliphatic heterocycles. The first kappa shape index (κ1) is 14.0. The van der Waals surface area contributed by atoms with Gasteiger partial charge in [0.05, 0.1) is 18.8 Å². The smallest absolute Gasteiger partial charge is 0.335 e. The van der Waals surface area contributed by atoms with Crippen LogP contribution in [-0.4, -0.2) is 44.7 Å². The van der Waals surface area contributed by atoms with E-state index in [1.165, 1.54) is 0 Å². The zero-order valence-corrected chi connectivity index (χ0v) is 8.12. The van der Waals surface area contributed by atoms with Gasteiger partial charge in [-0.2, -0.15) is 0 Å². The molecular weight excluding hydrogens is 220 g/mol. The van der Waals surface area contributed by atoms with Crippen molar-refractivity contribution in [2.24, 2.45) is 0 Å². The highest BCUT2D eigenvalue weighted by molar-refractivity contribution is 5.89. The average Bonchev–Trinajstić information content (AvgIpc) is 2.25. The summed E-state index contributed by atoms with van der Waals surface area (Å²) in [6, 6.07) is 1.56. The Balaban J connectivity index is 0.000000487. The summed E-state index contributed by atoms with van der Waals surface area (Å²) in [5.41, 5.74) is -0.329. The minimum absolute atomic E-state index is 0.125. The summed E-state index contributed by atoms with van der Waals surface area (Å²) in [7, 11) is 0. The molecule has 0 aromatic heterocycles. The fraction of sp³-hybridized carbons (Fsp3) is 0.222. The molecule has 0 bridgehead atoms. The molecular formula is C9H11O7-. The van der Waals surface area contributed by atoms with Gasteiger partial charge in [-0.1, -0.05) is 0 Å². The molecule has 1 rings (SSSR count). The lowest BCUT2D eigenvalue weighted by Crippen LogP contribution is -1.98. The number of aliphatic hydroxyl groups is 2. The van der Waals surface area contributed by atoms with E-state index in [0.29, 0.717) is 0 Å². The second-order valence-corrected chi connectivity index (χ2v) is 2.60. The van der Waals surface area contributed by atoms with Gasteiger partial charge in [-0.05, 0) is 17.9 Å². The Hall–Kier alpha value is -1.99. The van der Waals surface area contributed by atoms with Crippen molar-refractivity contribution >= 4 is 5.97 Å². The number of carboxylic acid groups (broad SMARTS) is 1. The van der Waals surface area contributed by atoms with E-state index in [9.17, 15) is 9.90 Å². The summed E-state index contributed by atoms with van der Waals surface area (Å²) in [4.78, 5) is 10.3. The van der Waals surface area contributed by atoms with Crippen molar-refractivity contribution < 1.29 is 35.4 Å². The van der Waals surface area contributed by atoms with Crippen molar-refractivity contribution in [2.75, 3.05) is 13.2 Å². The van der Waals surface area contributed by atoms with Gasteiger partial charge in [-0.3, -0.25) is 0 Å². The van der Waals surface area contributed by atoms with Gasteiger partial charge in [0.1, 0.15) is 11.5 Å². The maximum atomic E-state index is 10.7. The van der Waals surface area contributed by atoms with Crippen LogP contribution in [0.3, 0.4) is 0 Å². The van der Waals surface area contributed by atoms with Crippen LogP contribution in [0.2, 0.25) is 0 Å². The Bertz CT molecular complexity index is 336. The first-order valence-corrected chi connectivity index (χ1v) is 4.12. The number of rotatable bonds is 2. The third-order valence-electron chi connectivity index (χ3n) is 1.40. The molecule has 0 unspecified atom stereocenters. The molecule has 7 nitrogen and oxygen atoms in total. The first-order valence-electron chi connectivity index (χ1n) is 4.12. The molecule has 1 aromatic rings. The van der Waals surface area contributed by atoms with E-state index < -0.39 is 23.2 Å². The molecule has 0 aliphatic carbocycles. The molecule has 0 aliphatic rings. The molecule has 7 heteroatoms. The maximum Gasteiger partial charge on any atom is 0.335 e. The summed E-state index contributed by atoms with van der Waals surface area (Å²) < 4.78 is 0. The van der Waals surface area contributed by atoms with E-state index in [-0.39, 0.29) is 18.8 Å². The minimum Gasteiger partial charge on any atom is -0.867 e. The number of aromatic hydroxyl groups is 2. The topological polar surface area (TPSA) is 141 Å². The summed E-state index contributed by atoms with van der Waals surface area (Å²) in [5, 5.41) is 51.9. The molecule has 0 atom stereocenters. The Morgan fingerprint density at radius 2 is 1.50 bits per heavy atom. The fourth-order valence-corrected chi connectivity index (χ4v) is 0.722. The van der Waals surface area contributed by atoms with Crippen molar-refractivity contribution in [1.29, 1.82) is 0 Å². The van der Waals surface area contributed by atoms with Crippen LogP contribution in [0.1, 0.15) is 10.4 Å². The Labute approximate surface area is 90.5 Å². The lowest BCUT2D eigenvalue weighted by molar-refractivity contribution is -0.272. The van der Waals surface area contributed by atoms with Gasteiger partial charge in [0, 0.05) is 0 Å². The van der Waals surface area contributed by atoms with Crippen molar-refractivity contribution in [3.63, 3.8) is 0 Å². The molecule has 0 radical (unpaired) electrons. The van der Waals surface area contributed by atoms with E-state index in [1.54, 1.807) is 0 Å². The van der Waals surface area contributed by atoms with Crippen molar-refractivity contribution in [3.05, 3.63) is 17.7 Å². The van der Waals surface area contributed by atoms with Gasteiger partial charge in [-0.25, -0.2) is 4.79 Å². The van der Waals surface area contributed by atoms with Crippen LogP contribution < -0.4 is 5.11 Å². The molecule has 90 valence electrons. The maximum absolute atomic E-state index is 10.7. The third kappa shape index (κ3) is 4.03. The summed E-state index contributed by atoms with van der Waals surface area (Å²) in [6.07, 6.45) is 0. The van der Waals surface area contributed by atoms with Crippen molar-refractivity contribution in [1.82, 2.24) is 0 Å². The van der Waals surface area contributed by atoms with Crippen LogP contribution in [0.5, 0.6) is 17.2 Å². The van der Waals surface area contributed by atoms with E-state index in [0.717, 1.165) is 12.1 Å². The number of carbonyl (C=O) groups is 1. The normalized spacial score (nSPS) is 9.12. The van der Waals surface area contributed by atoms with E-state index >= 15 is 0 Å². The molecule has 1 aromatic carbocycles. The van der Waals surface area contributed by atoms with E-state index in [4.69, 9.17) is 25.5 Å². The van der Waals surface area contributed by atoms with Crippen LogP contribution in [0.15, 0.2) is 12.1 Å². The van der Waals surface area contributed by atoms with Gasteiger partial charge in [0.2, 0.25) is 0 Å². The van der Waals surface area contributed by atoms with E-state index in [1.807, 2.05) is 0 Å². The lowest BCUT2D eigenvalue weighted by Gasteiger charge is -2.10.